The van der Waals surface area contributed by atoms with E-state index in [0.29, 0.717) is 5.56 Å². The molecule has 0 radical (unpaired) electrons. The zero-order chi connectivity index (χ0) is 24.9. The zero-order valence-corrected chi connectivity index (χ0v) is 19.2. The van der Waals surface area contributed by atoms with Crippen LogP contribution in [-0.4, -0.2) is 33.9 Å². The Labute approximate surface area is 193 Å². The Morgan fingerprint density at radius 1 is 1.00 bits per heavy atom. The van der Waals surface area contributed by atoms with Crippen molar-refractivity contribution in [3.63, 3.8) is 0 Å². The number of alkyl halides is 3. The van der Waals surface area contributed by atoms with Gasteiger partial charge in [0.15, 0.2) is 0 Å². The number of benzene rings is 2. The van der Waals surface area contributed by atoms with Gasteiger partial charge in [0.05, 0.1) is 22.2 Å². The lowest BCUT2D eigenvalue weighted by Crippen LogP contribution is -2.27. The number of aromatic nitrogens is 3. The van der Waals surface area contributed by atoms with E-state index >= 15 is 0 Å². The smallest absolute Gasteiger partial charge is 0.435 e. The number of nitrogens with zero attached hydrogens (tertiary/aromatic N) is 3. The van der Waals surface area contributed by atoms with E-state index in [4.69, 9.17) is 4.74 Å². The molecule has 0 saturated carbocycles. The highest BCUT2D eigenvalue weighted by Crippen LogP contribution is 2.37. The standard InChI is InChI=1S/C23H20F3N3O4S/c1-22(2,3)33-21(30)28-13-15(12-27-28)19-14-29(34(31,32)17-7-5-4-6-8-17)20-11-16(23(24,25)26)9-10-18(19)20/h4-14H,1-3H3. The SMILES string of the molecule is CC(C)(C)OC(=O)n1cc(-c2cn(S(=O)(=O)c3ccccc3)c3cc(C(F)(F)F)ccc23)cn1. The fourth-order valence-electron chi connectivity index (χ4n) is 3.38. The predicted molar refractivity (Wildman–Crippen MR) is 119 cm³/mol. The van der Waals surface area contributed by atoms with Gasteiger partial charge in [0.2, 0.25) is 0 Å². The van der Waals surface area contributed by atoms with E-state index in [1.807, 2.05) is 0 Å². The van der Waals surface area contributed by atoms with Crippen LogP contribution < -0.4 is 0 Å². The van der Waals surface area contributed by atoms with E-state index < -0.39 is 33.5 Å². The van der Waals surface area contributed by atoms with Crippen LogP contribution in [0, 0.1) is 0 Å². The van der Waals surface area contributed by atoms with Gasteiger partial charge in [0, 0.05) is 28.9 Å². The second-order valence-corrected chi connectivity index (χ2v) is 10.4. The van der Waals surface area contributed by atoms with Crippen LogP contribution in [0.3, 0.4) is 0 Å². The third-order valence-corrected chi connectivity index (χ3v) is 6.56. The van der Waals surface area contributed by atoms with Crippen LogP contribution in [0.5, 0.6) is 0 Å². The molecule has 0 saturated heterocycles. The highest BCUT2D eigenvalue weighted by molar-refractivity contribution is 7.90. The molecule has 34 heavy (non-hydrogen) atoms. The highest BCUT2D eigenvalue weighted by atomic mass is 32.2. The van der Waals surface area contributed by atoms with Crippen molar-refractivity contribution in [3.05, 3.63) is 72.7 Å². The van der Waals surface area contributed by atoms with Crippen molar-refractivity contribution in [1.82, 2.24) is 13.8 Å². The minimum Gasteiger partial charge on any atom is -0.442 e. The van der Waals surface area contributed by atoms with Gasteiger partial charge in [0.1, 0.15) is 5.60 Å². The Morgan fingerprint density at radius 3 is 2.29 bits per heavy atom. The maximum absolute atomic E-state index is 13.4. The summed E-state index contributed by atoms with van der Waals surface area (Å²) in [5.74, 6) is 0. The maximum Gasteiger partial charge on any atom is 0.435 e. The number of halogens is 3. The lowest BCUT2D eigenvalue weighted by atomic mass is 10.1. The molecule has 0 bridgehead atoms. The van der Waals surface area contributed by atoms with E-state index in [1.165, 1.54) is 48.9 Å². The minimum absolute atomic E-state index is 0.0830. The van der Waals surface area contributed by atoms with Crippen LogP contribution >= 0.6 is 0 Å². The molecule has 7 nitrogen and oxygen atoms in total. The van der Waals surface area contributed by atoms with Gasteiger partial charge in [-0.15, -0.1) is 0 Å². The fourth-order valence-corrected chi connectivity index (χ4v) is 4.76. The molecular formula is C23H20F3N3O4S. The molecule has 2 aromatic carbocycles. The summed E-state index contributed by atoms with van der Waals surface area (Å²) in [6.45, 7) is 5.07. The van der Waals surface area contributed by atoms with E-state index in [0.717, 1.165) is 20.8 Å². The summed E-state index contributed by atoms with van der Waals surface area (Å²) in [5.41, 5.74) is -1.29. The largest absolute Gasteiger partial charge is 0.442 e. The van der Waals surface area contributed by atoms with Gasteiger partial charge >= 0.3 is 12.3 Å². The first-order valence-corrected chi connectivity index (χ1v) is 11.5. The molecule has 4 aromatic rings. The van der Waals surface area contributed by atoms with Crippen molar-refractivity contribution < 1.29 is 31.1 Å². The van der Waals surface area contributed by atoms with Crippen molar-refractivity contribution in [3.8, 4) is 11.1 Å². The van der Waals surface area contributed by atoms with Crippen LogP contribution in [0.25, 0.3) is 22.0 Å². The first-order chi connectivity index (χ1) is 15.8. The lowest BCUT2D eigenvalue weighted by Gasteiger charge is -2.18. The van der Waals surface area contributed by atoms with Crippen molar-refractivity contribution in [2.75, 3.05) is 0 Å². The average Bonchev–Trinajstić information content (AvgIpc) is 3.37. The number of rotatable bonds is 3. The van der Waals surface area contributed by atoms with Crippen LogP contribution in [0.1, 0.15) is 26.3 Å². The maximum atomic E-state index is 13.4. The van der Waals surface area contributed by atoms with Crippen LogP contribution in [0.4, 0.5) is 18.0 Å². The third kappa shape index (κ3) is 4.43. The molecule has 0 aliphatic rings. The van der Waals surface area contributed by atoms with Crippen molar-refractivity contribution >= 4 is 27.0 Å². The topological polar surface area (TPSA) is 83.2 Å². The highest BCUT2D eigenvalue weighted by Gasteiger charge is 2.32. The minimum atomic E-state index is -4.67. The van der Waals surface area contributed by atoms with Crippen LogP contribution in [0.15, 0.2) is 72.0 Å². The molecule has 0 aliphatic heterocycles. The van der Waals surface area contributed by atoms with Gasteiger partial charge in [-0.3, -0.25) is 0 Å². The number of hydrogen-bond donors (Lipinski definition) is 0. The molecule has 178 valence electrons. The van der Waals surface area contributed by atoms with E-state index in [-0.39, 0.29) is 21.4 Å². The predicted octanol–water partition coefficient (Wildman–Crippen LogP) is 5.54. The Morgan fingerprint density at radius 2 is 1.68 bits per heavy atom. The normalized spacial score (nSPS) is 12.8. The zero-order valence-electron chi connectivity index (χ0n) is 18.4. The van der Waals surface area contributed by atoms with Crippen molar-refractivity contribution in [2.24, 2.45) is 0 Å². The first-order valence-electron chi connectivity index (χ1n) is 10.1. The summed E-state index contributed by atoms with van der Waals surface area (Å²) in [5, 5.41) is 4.22. The molecule has 0 atom stereocenters. The Balaban J connectivity index is 1.91. The number of hydrogen-bond acceptors (Lipinski definition) is 5. The van der Waals surface area contributed by atoms with E-state index in [2.05, 4.69) is 5.10 Å². The first kappa shape index (κ1) is 23.6. The Bertz CT molecular complexity index is 1480. The summed E-state index contributed by atoms with van der Waals surface area (Å²) in [6.07, 6.45) is -1.54. The second kappa shape index (κ2) is 8.01. The molecule has 2 aromatic heterocycles. The quantitative estimate of drug-likeness (QED) is 0.376. The van der Waals surface area contributed by atoms with Gasteiger partial charge in [-0.05, 0) is 45.0 Å². The molecule has 0 unspecified atom stereocenters. The van der Waals surface area contributed by atoms with E-state index in [9.17, 15) is 26.4 Å². The molecule has 0 amide bonds. The molecule has 0 N–H and O–H groups in total. The molecule has 2 heterocycles. The molecule has 0 aliphatic carbocycles. The van der Waals surface area contributed by atoms with Crippen LogP contribution in [0.2, 0.25) is 0 Å². The molecule has 0 fully saturated rings. The van der Waals surface area contributed by atoms with Gasteiger partial charge in [-0.2, -0.15) is 23.0 Å². The summed E-state index contributed by atoms with van der Waals surface area (Å²) < 4.78 is 73.8. The molecule has 0 spiro atoms. The van der Waals surface area contributed by atoms with Gasteiger partial charge in [0.25, 0.3) is 10.0 Å². The summed E-state index contributed by atoms with van der Waals surface area (Å²) in [4.78, 5) is 12.2. The monoisotopic (exact) mass is 491 g/mol. The molecule has 4 rings (SSSR count). The van der Waals surface area contributed by atoms with Gasteiger partial charge < -0.3 is 4.74 Å². The molecular weight excluding hydrogens is 471 g/mol. The van der Waals surface area contributed by atoms with Crippen molar-refractivity contribution in [1.29, 1.82) is 0 Å². The van der Waals surface area contributed by atoms with Crippen molar-refractivity contribution in [2.45, 2.75) is 37.4 Å². The number of carbonyl (C=O) groups is 1. The Hall–Kier alpha value is -3.60. The number of ether oxygens (including phenoxy) is 1. The summed E-state index contributed by atoms with van der Waals surface area (Å²) in [6, 6.07) is 10.3. The van der Waals surface area contributed by atoms with Gasteiger partial charge in [-0.25, -0.2) is 17.2 Å². The number of carbonyl (C=O) groups excluding carboxylic acids is 1. The van der Waals surface area contributed by atoms with Crippen LogP contribution in [-0.2, 0) is 20.9 Å². The third-order valence-electron chi connectivity index (χ3n) is 4.87. The average molecular weight is 491 g/mol. The summed E-state index contributed by atoms with van der Waals surface area (Å²) in [7, 11) is -4.22. The van der Waals surface area contributed by atoms with E-state index in [1.54, 1.807) is 26.8 Å². The Kier molecular flexibility index (Phi) is 5.55. The number of fused-ring (bicyclic) bond motifs is 1. The summed E-state index contributed by atoms with van der Waals surface area (Å²) >= 11 is 0. The lowest BCUT2D eigenvalue weighted by molar-refractivity contribution is -0.137. The second-order valence-electron chi connectivity index (χ2n) is 8.54. The fraction of sp³-hybridized carbons (Fsp3) is 0.217. The molecule has 11 heteroatoms. The van der Waals surface area contributed by atoms with Gasteiger partial charge in [-0.1, -0.05) is 24.3 Å².